The maximum Gasteiger partial charge on any atom is 0.219 e. The van der Waals surface area contributed by atoms with Crippen LogP contribution in [0.25, 0.3) is 0 Å². The summed E-state index contributed by atoms with van der Waals surface area (Å²) in [5, 5.41) is 10.9. The van der Waals surface area contributed by atoms with Crippen LogP contribution in [0.3, 0.4) is 0 Å². The first-order valence-corrected chi connectivity index (χ1v) is 11.2. The monoisotopic (exact) mass is 447 g/mol. The second-order valence-corrected chi connectivity index (χ2v) is 8.72. The van der Waals surface area contributed by atoms with Gasteiger partial charge in [0.25, 0.3) is 0 Å². The molecule has 32 heavy (non-hydrogen) atoms. The summed E-state index contributed by atoms with van der Waals surface area (Å²) >= 11 is 0. The summed E-state index contributed by atoms with van der Waals surface area (Å²) in [5.74, 6) is -0.635. The van der Waals surface area contributed by atoms with Crippen molar-refractivity contribution in [1.29, 1.82) is 0 Å². The lowest BCUT2D eigenvalue weighted by molar-refractivity contribution is -0.0907. The number of benzene rings is 1. The second kappa shape index (κ2) is 10.6. The van der Waals surface area contributed by atoms with Crippen molar-refractivity contribution in [3.63, 3.8) is 0 Å². The molecule has 2 saturated heterocycles. The molecule has 3 N–H and O–H groups in total. The van der Waals surface area contributed by atoms with Gasteiger partial charge in [0.2, 0.25) is 5.95 Å². The number of ether oxygens (including phenoxy) is 1. The van der Waals surface area contributed by atoms with Gasteiger partial charge in [0.15, 0.2) is 0 Å². The molecule has 0 saturated carbocycles. The van der Waals surface area contributed by atoms with Crippen LogP contribution >= 0.6 is 0 Å². The van der Waals surface area contributed by atoms with Crippen LogP contribution in [0.4, 0.5) is 14.7 Å². The largest absolute Gasteiger partial charge is 0.378 e. The molecule has 1 aromatic heterocycles. The van der Waals surface area contributed by atoms with Crippen molar-refractivity contribution >= 4 is 5.95 Å². The highest BCUT2D eigenvalue weighted by Crippen LogP contribution is 2.27. The highest BCUT2D eigenvalue weighted by Gasteiger charge is 2.32. The molecule has 0 radical (unpaired) electrons. The fraction of sp³-hybridized carbons (Fsp3) is 0.565. The summed E-state index contributed by atoms with van der Waals surface area (Å²) in [7, 11) is 0. The molecule has 0 bridgehead atoms. The highest BCUT2D eigenvalue weighted by molar-refractivity contribution is 5.19. The zero-order valence-electron chi connectivity index (χ0n) is 18.2. The average molecular weight is 448 g/mol. The van der Waals surface area contributed by atoms with Gasteiger partial charge in [0, 0.05) is 49.1 Å². The van der Waals surface area contributed by atoms with E-state index in [0.29, 0.717) is 13.1 Å². The zero-order valence-corrected chi connectivity index (χ0v) is 18.2. The molecule has 9 heteroatoms. The Kier molecular flexibility index (Phi) is 7.62. The minimum Gasteiger partial charge on any atom is -0.378 e. The van der Waals surface area contributed by atoms with Crippen LogP contribution in [0, 0.1) is 17.6 Å². The van der Waals surface area contributed by atoms with Gasteiger partial charge in [-0.15, -0.1) is 0 Å². The molecule has 174 valence electrons. The molecule has 1 atom stereocenters. The number of halogens is 2. The molecular weight excluding hydrogens is 416 g/mol. The molecular formula is C23H31F2N5O2. The van der Waals surface area contributed by atoms with Gasteiger partial charge in [-0.05, 0) is 50.9 Å². The van der Waals surface area contributed by atoms with Crippen LogP contribution in [0.1, 0.15) is 36.8 Å². The van der Waals surface area contributed by atoms with Crippen molar-refractivity contribution in [2.24, 2.45) is 5.92 Å². The fourth-order valence-electron chi connectivity index (χ4n) is 4.59. The Balaban J connectivity index is 1.18. The lowest BCUT2D eigenvalue weighted by Gasteiger charge is -2.41. The number of piperidine rings is 2. The standard InChI is InChI=1S/C23H31F2N5O2/c24-20-2-1-3-21(25)19(20)15-32-18-6-10-30(11-7-18)22(31)17-4-8-29(9-5-17)14-16-12-27-23(26)28-13-16/h1-3,12-13,17-18,22,31H,4-11,14-15H2,(H2,26,27,28). The van der Waals surface area contributed by atoms with Crippen LogP contribution < -0.4 is 5.73 Å². The van der Waals surface area contributed by atoms with E-state index in [1.807, 2.05) is 0 Å². The van der Waals surface area contributed by atoms with Gasteiger partial charge >= 0.3 is 0 Å². The highest BCUT2D eigenvalue weighted by atomic mass is 19.1. The SMILES string of the molecule is Nc1ncc(CN2CCC(C(O)N3CCC(OCc4c(F)cccc4F)CC3)CC2)cn1. The molecule has 7 nitrogen and oxygen atoms in total. The molecule has 0 aliphatic carbocycles. The van der Waals surface area contributed by atoms with Gasteiger partial charge in [0.05, 0.1) is 12.7 Å². The summed E-state index contributed by atoms with van der Waals surface area (Å²) < 4.78 is 33.3. The molecule has 4 rings (SSSR count). The molecule has 1 aromatic carbocycles. The Morgan fingerprint density at radius 1 is 1.03 bits per heavy atom. The molecule has 1 unspecified atom stereocenters. The summed E-state index contributed by atoms with van der Waals surface area (Å²) in [6.07, 6.45) is 6.33. The number of hydrogen-bond donors (Lipinski definition) is 2. The minimum absolute atomic E-state index is 0.0211. The minimum atomic E-state index is -0.576. The molecule has 2 fully saturated rings. The van der Waals surface area contributed by atoms with E-state index < -0.39 is 17.9 Å². The number of aliphatic hydroxyl groups excluding tert-OH is 1. The summed E-state index contributed by atoms with van der Waals surface area (Å²) in [6.45, 7) is 3.99. The Hall–Kier alpha value is -2.20. The predicted molar refractivity (Wildman–Crippen MR) is 116 cm³/mol. The van der Waals surface area contributed by atoms with E-state index in [1.54, 1.807) is 12.4 Å². The topological polar surface area (TPSA) is 87.7 Å². The van der Waals surface area contributed by atoms with E-state index in [-0.39, 0.29) is 30.1 Å². The van der Waals surface area contributed by atoms with Crippen molar-refractivity contribution in [2.45, 2.75) is 51.2 Å². The van der Waals surface area contributed by atoms with Gasteiger partial charge in [-0.2, -0.15) is 0 Å². The third-order valence-electron chi connectivity index (χ3n) is 6.56. The van der Waals surface area contributed by atoms with Crippen molar-refractivity contribution < 1.29 is 18.6 Å². The molecule has 3 heterocycles. The number of likely N-dealkylation sites (tertiary alicyclic amines) is 2. The summed E-state index contributed by atoms with van der Waals surface area (Å²) in [4.78, 5) is 12.5. The van der Waals surface area contributed by atoms with E-state index in [9.17, 15) is 13.9 Å². The normalized spacial score (nSPS) is 20.5. The van der Waals surface area contributed by atoms with E-state index in [4.69, 9.17) is 10.5 Å². The second-order valence-electron chi connectivity index (χ2n) is 8.72. The third kappa shape index (κ3) is 5.78. The number of anilines is 1. The average Bonchev–Trinajstić information content (AvgIpc) is 2.81. The van der Waals surface area contributed by atoms with Gasteiger partial charge < -0.3 is 15.6 Å². The molecule has 2 aliphatic heterocycles. The summed E-state index contributed by atoms with van der Waals surface area (Å²) in [6, 6.07) is 3.84. The Morgan fingerprint density at radius 3 is 2.28 bits per heavy atom. The van der Waals surface area contributed by atoms with Crippen LogP contribution in [-0.2, 0) is 17.9 Å². The van der Waals surface area contributed by atoms with Crippen molar-refractivity contribution in [1.82, 2.24) is 19.8 Å². The van der Waals surface area contributed by atoms with E-state index in [0.717, 1.165) is 50.9 Å². The first kappa shape index (κ1) is 23.0. The number of nitrogen functional groups attached to an aromatic ring is 1. The van der Waals surface area contributed by atoms with Crippen LogP contribution in [0.5, 0.6) is 0 Å². The number of hydrogen-bond acceptors (Lipinski definition) is 7. The van der Waals surface area contributed by atoms with Gasteiger partial charge in [-0.25, -0.2) is 18.7 Å². The number of aromatic nitrogens is 2. The van der Waals surface area contributed by atoms with Crippen LogP contribution in [-0.4, -0.2) is 63.4 Å². The third-order valence-corrected chi connectivity index (χ3v) is 6.56. The number of aliphatic hydroxyl groups is 1. The van der Waals surface area contributed by atoms with Crippen molar-refractivity contribution in [2.75, 3.05) is 31.9 Å². The fourth-order valence-corrected chi connectivity index (χ4v) is 4.59. The maximum atomic E-state index is 13.8. The van der Waals surface area contributed by atoms with E-state index in [1.165, 1.54) is 18.2 Å². The first-order valence-electron chi connectivity index (χ1n) is 11.2. The smallest absolute Gasteiger partial charge is 0.219 e. The lowest BCUT2D eigenvalue weighted by Crippen LogP contribution is -2.49. The molecule has 0 amide bonds. The van der Waals surface area contributed by atoms with Gasteiger partial charge in [0.1, 0.15) is 17.9 Å². The van der Waals surface area contributed by atoms with Gasteiger partial charge in [-0.1, -0.05) is 6.07 Å². The number of nitrogens with two attached hydrogens (primary N) is 1. The van der Waals surface area contributed by atoms with Gasteiger partial charge in [-0.3, -0.25) is 9.80 Å². The molecule has 2 aromatic rings. The van der Waals surface area contributed by atoms with Crippen molar-refractivity contribution in [3.05, 3.63) is 53.4 Å². The van der Waals surface area contributed by atoms with E-state index in [2.05, 4.69) is 19.8 Å². The zero-order chi connectivity index (χ0) is 22.5. The quantitative estimate of drug-likeness (QED) is 0.674. The van der Waals surface area contributed by atoms with Crippen molar-refractivity contribution in [3.8, 4) is 0 Å². The Labute approximate surface area is 187 Å². The van der Waals surface area contributed by atoms with Crippen LogP contribution in [0.15, 0.2) is 30.6 Å². The number of nitrogens with zero attached hydrogens (tertiary/aromatic N) is 4. The predicted octanol–water partition coefficient (Wildman–Crippen LogP) is 2.55. The Bertz CT molecular complexity index is 849. The lowest BCUT2D eigenvalue weighted by atomic mass is 9.93. The molecule has 2 aliphatic rings. The maximum absolute atomic E-state index is 13.8. The first-order chi connectivity index (χ1) is 15.5. The summed E-state index contributed by atoms with van der Waals surface area (Å²) in [5.41, 5.74) is 6.56. The number of rotatable bonds is 7. The van der Waals surface area contributed by atoms with E-state index >= 15 is 0 Å². The Morgan fingerprint density at radius 2 is 1.66 bits per heavy atom. The van der Waals surface area contributed by atoms with Crippen LogP contribution in [0.2, 0.25) is 0 Å². The molecule has 0 spiro atoms.